The molecule has 30 heavy (non-hydrogen) atoms. The van der Waals surface area contributed by atoms with E-state index in [0.717, 1.165) is 12.8 Å². The van der Waals surface area contributed by atoms with E-state index in [1.165, 1.54) is 33.4 Å². The first-order valence-electron chi connectivity index (χ1n) is 10.5. The van der Waals surface area contributed by atoms with Crippen molar-refractivity contribution in [3.8, 4) is 0 Å². The van der Waals surface area contributed by atoms with Gasteiger partial charge in [-0.1, -0.05) is 133 Å². The molecule has 146 valence electrons. The van der Waals surface area contributed by atoms with Crippen LogP contribution < -0.4 is 0 Å². The van der Waals surface area contributed by atoms with E-state index >= 15 is 0 Å². The van der Waals surface area contributed by atoms with Gasteiger partial charge in [-0.2, -0.15) is 0 Å². The van der Waals surface area contributed by atoms with Gasteiger partial charge in [-0.15, -0.1) is 0 Å². The van der Waals surface area contributed by atoms with E-state index < -0.39 is 0 Å². The zero-order valence-electron chi connectivity index (χ0n) is 17.1. The lowest BCUT2D eigenvalue weighted by Crippen LogP contribution is -2.00. The molecule has 0 aromatic heterocycles. The fourth-order valence-electron chi connectivity index (χ4n) is 3.65. The zero-order valence-corrected chi connectivity index (χ0v) is 17.1. The Hall–Kier alpha value is -3.64. The Morgan fingerprint density at radius 3 is 1.03 bits per heavy atom. The van der Waals surface area contributed by atoms with Crippen molar-refractivity contribution >= 4 is 12.2 Å². The third kappa shape index (κ3) is 5.68. The molecule has 4 rings (SSSR count). The summed E-state index contributed by atoms with van der Waals surface area (Å²) in [5.41, 5.74) is 7.81. The Morgan fingerprint density at radius 1 is 0.400 bits per heavy atom. The maximum Gasteiger partial charge on any atom is -0.00227 e. The first kappa shape index (κ1) is 19.7. The van der Waals surface area contributed by atoms with Crippen molar-refractivity contribution in [2.75, 3.05) is 0 Å². The lowest BCUT2D eigenvalue weighted by atomic mass is 9.90. The predicted molar refractivity (Wildman–Crippen MR) is 129 cm³/mol. The number of hydrogen-bond acceptors (Lipinski definition) is 0. The van der Waals surface area contributed by atoms with E-state index in [9.17, 15) is 0 Å². The van der Waals surface area contributed by atoms with E-state index in [-0.39, 0.29) is 0 Å². The number of benzene rings is 4. The molecule has 4 aromatic rings. The summed E-state index contributed by atoms with van der Waals surface area (Å²) in [5.74, 6) is 0. The van der Waals surface area contributed by atoms with Crippen molar-refractivity contribution in [2.45, 2.75) is 12.8 Å². The van der Waals surface area contributed by atoms with Gasteiger partial charge in [-0.25, -0.2) is 0 Å². The third-order valence-corrected chi connectivity index (χ3v) is 5.17. The van der Waals surface area contributed by atoms with Crippen LogP contribution in [0.3, 0.4) is 0 Å². The largest absolute Gasteiger partial charge is 0.0622 e. The molecule has 0 radical (unpaired) electrons. The van der Waals surface area contributed by atoms with Crippen LogP contribution in [-0.4, -0.2) is 0 Å². The first-order chi connectivity index (χ1) is 14.9. The summed E-state index contributed by atoms with van der Waals surface area (Å²) >= 11 is 0. The molecule has 0 aliphatic carbocycles. The van der Waals surface area contributed by atoms with Crippen LogP contribution in [0.15, 0.2) is 132 Å². The van der Waals surface area contributed by atoms with Gasteiger partial charge < -0.3 is 0 Å². The maximum atomic E-state index is 2.34. The van der Waals surface area contributed by atoms with Crippen molar-refractivity contribution in [2.24, 2.45) is 0 Å². The van der Waals surface area contributed by atoms with Crippen LogP contribution in [0.2, 0.25) is 0 Å². The molecule has 0 heteroatoms. The van der Waals surface area contributed by atoms with Gasteiger partial charge in [-0.3, -0.25) is 0 Å². The molecule has 0 atom stereocenters. The van der Waals surface area contributed by atoms with Crippen LogP contribution in [0.5, 0.6) is 0 Å². The number of allylic oxidation sites excluding steroid dienone is 2. The molecule has 0 saturated heterocycles. The third-order valence-electron chi connectivity index (χ3n) is 5.17. The molecular formula is C30H26. The highest BCUT2D eigenvalue weighted by Crippen LogP contribution is 2.25. The van der Waals surface area contributed by atoms with Gasteiger partial charge in [0.1, 0.15) is 0 Å². The lowest BCUT2D eigenvalue weighted by molar-refractivity contribution is 1.09. The van der Waals surface area contributed by atoms with Crippen LogP contribution in [-0.2, 0) is 12.8 Å². The van der Waals surface area contributed by atoms with Gasteiger partial charge in [0.25, 0.3) is 0 Å². The minimum atomic E-state index is 0.904. The smallest absolute Gasteiger partial charge is 0.00227 e. The van der Waals surface area contributed by atoms with Gasteiger partial charge in [0.2, 0.25) is 0 Å². The summed E-state index contributed by atoms with van der Waals surface area (Å²) in [7, 11) is 0. The molecular weight excluding hydrogens is 360 g/mol. The normalized spacial score (nSPS) is 12.0. The standard InChI is InChI=1S/C30H26/c1-5-13-25(14-6-1)21-29(22-26-15-7-2-8-16-26)30(23-27-17-9-3-10-18-27)24-28-19-11-4-12-20-28/h1-21,23H,22,24H2/b29-21-,30-23+. The number of hydrogen-bond donors (Lipinski definition) is 0. The van der Waals surface area contributed by atoms with Gasteiger partial charge in [0, 0.05) is 0 Å². The first-order valence-corrected chi connectivity index (χ1v) is 10.5. The second-order valence-electron chi connectivity index (χ2n) is 7.49. The summed E-state index contributed by atoms with van der Waals surface area (Å²) in [5, 5.41) is 0. The van der Waals surface area contributed by atoms with E-state index in [1.54, 1.807) is 0 Å². The minimum Gasteiger partial charge on any atom is -0.0622 e. The van der Waals surface area contributed by atoms with Crippen LogP contribution >= 0.6 is 0 Å². The average molecular weight is 387 g/mol. The highest BCUT2D eigenvalue weighted by atomic mass is 14.1. The van der Waals surface area contributed by atoms with E-state index in [0.29, 0.717) is 0 Å². The molecule has 0 amide bonds. The minimum absolute atomic E-state index is 0.904. The van der Waals surface area contributed by atoms with E-state index in [2.05, 4.69) is 133 Å². The molecule has 0 spiro atoms. The highest BCUT2D eigenvalue weighted by molar-refractivity contribution is 5.67. The van der Waals surface area contributed by atoms with Crippen molar-refractivity contribution < 1.29 is 0 Å². The van der Waals surface area contributed by atoms with E-state index in [1.807, 2.05) is 0 Å². The van der Waals surface area contributed by atoms with Crippen LogP contribution in [0.25, 0.3) is 12.2 Å². The zero-order chi connectivity index (χ0) is 20.4. The Morgan fingerprint density at radius 2 is 0.700 bits per heavy atom. The molecule has 0 unspecified atom stereocenters. The molecule has 0 saturated carbocycles. The monoisotopic (exact) mass is 386 g/mol. The SMILES string of the molecule is C(=C(Cc1ccccc1)/C(=C/c1ccccc1)Cc1ccccc1)/c1ccccc1. The topological polar surface area (TPSA) is 0 Å². The van der Waals surface area contributed by atoms with Crippen LogP contribution in [0.1, 0.15) is 22.3 Å². The number of rotatable bonds is 7. The summed E-state index contributed by atoms with van der Waals surface area (Å²) in [4.78, 5) is 0. The molecule has 0 heterocycles. The lowest BCUT2D eigenvalue weighted by Gasteiger charge is -2.15. The quantitative estimate of drug-likeness (QED) is 0.286. The Bertz CT molecular complexity index is 997. The maximum absolute atomic E-state index is 2.34. The summed E-state index contributed by atoms with van der Waals surface area (Å²) in [6.07, 6.45) is 6.48. The Labute approximate surface area is 179 Å². The molecule has 0 aliphatic heterocycles. The Kier molecular flexibility index (Phi) is 6.70. The molecule has 0 fully saturated rings. The average Bonchev–Trinajstić information content (AvgIpc) is 2.81. The fraction of sp³-hybridized carbons (Fsp3) is 0.0667. The summed E-state index contributed by atoms with van der Waals surface area (Å²) < 4.78 is 0. The fourth-order valence-corrected chi connectivity index (χ4v) is 3.65. The van der Waals surface area contributed by atoms with Crippen LogP contribution in [0.4, 0.5) is 0 Å². The van der Waals surface area contributed by atoms with Crippen molar-refractivity contribution in [1.29, 1.82) is 0 Å². The summed E-state index contributed by atoms with van der Waals surface area (Å²) in [6.45, 7) is 0. The van der Waals surface area contributed by atoms with Gasteiger partial charge in [0.05, 0.1) is 0 Å². The predicted octanol–water partition coefficient (Wildman–Crippen LogP) is 7.64. The van der Waals surface area contributed by atoms with Crippen molar-refractivity contribution in [3.05, 3.63) is 155 Å². The molecule has 0 aliphatic rings. The molecule has 0 nitrogen and oxygen atoms in total. The Balaban J connectivity index is 1.79. The summed E-state index contributed by atoms with van der Waals surface area (Å²) in [6, 6.07) is 42.7. The van der Waals surface area contributed by atoms with Crippen LogP contribution in [0, 0.1) is 0 Å². The van der Waals surface area contributed by atoms with Gasteiger partial charge in [0.15, 0.2) is 0 Å². The van der Waals surface area contributed by atoms with Gasteiger partial charge >= 0.3 is 0 Å². The second kappa shape index (κ2) is 10.2. The highest BCUT2D eigenvalue weighted by Gasteiger charge is 2.09. The van der Waals surface area contributed by atoms with Gasteiger partial charge in [-0.05, 0) is 46.2 Å². The van der Waals surface area contributed by atoms with Crippen molar-refractivity contribution in [1.82, 2.24) is 0 Å². The molecule has 0 N–H and O–H groups in total. The second-order valence-corrected chi connectivity index (χ2v) is 7.49. The van der Waals surface area contributed by atoms with Crippen molar-refractivity contribution in [3.63, 3.8) is 0 Å². The molecule has 4 aromatic carbocycles. The molecule has 0 bridgehead atoms. The van der Waals surface area contributed by atoms with E-state index in [4.69, 9.17) is 0 Å².